The molecular formula is C25H31N3O2. The minimum absolute atomic E-state index is 0.0462. The predicted molar refractivity (Wildman–Crippen MR) is 120 cm³/mol. The van der Waals surface area contributed by atoms with E-state index in [1.807, 2.05) is 26.0 Å². The molecule has 1 heterocycles. The van der Waals surface area contributed by atoms with Gasteiger partial charge in [0.1, 0.15) is 17.4 Å². The van der Waals surface area contributed by atoms with Crippen molar-refractivity contribution in [1.82, 2.24) is 4.57 Å². The zero-order valence-corrected chi connectivity index (χ0v) is 18.4. The van der Waals surface area contributed by atoms with E-state index in [2.05, 4.69) is 35.9 Å². The molecule has 1 aliphatic rings. The monoisotopic (exact) mass is 405 g/mol. The standard InChI is InChI=1S/C25H31N3O2/c1-17(2)30-24-12-8-9-22(15-24)27-25(29)21(16-26)14-20-13-18(3)28(19(20)4)23-10-6-5-7-11-23/h8-9,12-15,17,23H,5-7,10-11H2,1-4H3,(H,27,29)/b21-14-. The summed E-state index contributed by atoms with van der Waals surface area (Å²) in [5.74, 6) is 0.267. The Morgan fingerprint density at radius 3 is 2.63 bits per heavy atom. The molecule has 1 amide bonds. The van der Waals surface area contributed by atoms with Gasteiger partial charge in [-0.3, -0.25) is 4.79 Å². The summed E-state index contributed by atoms with van der Waals surface area (Å²) in [5.41, 5.74) is 3.93. The quantitative estimate of drug-likeness (QED) is 0.477. The minimum atomic E-state index is -0.415. The van der Waals surface area contributed by atoms with Crippen LogP contribution in [-0.2, 0) is 4.79 Å². The summed E-state index contributed by atoms with van der Waals surface area (Å²) in [5, 5.41) is 12.4. The van der Waals surface area contributed by atoms with E-state index < -0.39 is 5.91 Å². The molecule has 1 aromatic heterocycles. The van der Waals surface area contributed by atoms with E-state index in [0.29, 0.717) is 17.5 Å². The molecule has 0 unspecified atom stereocenters. The number of nitrogens with zero attached hydrogens (tertiary/aromatic N) is 2. The van der Waals surface area contributed by atoms with Crippen molar-refractivity contribution in [3.8, 4) is 11.8 Å². The molecular weight excluding hydrogens is 374 g/mol. The van der Waals surface area contributed by atoms with Crippen molar-refractivity contribution in [3.05, 3.63) is 52.9 Å². The summed E-state index contributed by atoms with van der Waals surface area (Å²) in [6.07, 6.45) is 7.97. The van der Waals surface area contributed by atoms with Gasteiger partial charge in [-0.25, -0.2) is 0 Å². The molecule has 0 saturated heterocycles. The van der Waals surface area contributed by atoms with Crippen LogP contribution in [0.3, 0.4) is 0 Å². The van der Waals surface area contributed by atoms with E-state index in [0.717, 1.165) is 11.3 Å². The van der Waals surface area contributed by atoms with Crippen molar-refractivity contribution < 1.29 is 9.53 Å². The Labute approximate surface area is 179 Å². The first-order chi connectivity index (χ1) is 14.4. The number of rotatable bonds is 6. The third kappa shape index (κ3) is 5.13. The summed E-state index contributed by atoms with van der Waals surface area (Å²) in [6.45, 7) is 8.08. The van der Waals surface area contributed by atoms with Gasteiger partial charge in [0.05, 0.1) is 6.10 Å². The van der Waals surface area contributed by atoms with Gasteiger partial charge in [0, 0.05) is 29.2 Å². The number of anilines is 1. The number of hydrogen-bond acceptors (Lipinski definition) is 3. The van der Waals surface area contributed by atoms with E-state index in [1.54, 1.807) is 18.2 Å². The van der Waals surface area contributed by atoms with E-state index in [9.17, 15) is 10.1 Å². The fourth-order valence-corrected chi connectivity index (χ4v) is 4.27. The first-order valence-electron chi connectivity index (χ1n) is 10.8. The third-order valence-corrected chi connectivity index (χ3v) is 5.59. The van der Waals surface area contributed by atoms with Crippen LogP contribution in [0.4, 0.5) is 5.69 Å². The summed E-state index contributed by atoms with van der Waals surface area (Å²) in [6, 6.07) is 11.9. The molecule has 1 aliphatic carbocycles. The summed E-state index contributed by atoms with van der Waals surface area (Å²) in [4.78, 5) is 12.7. The van der Waals surface area contributed by atoms with E-state index in [1.165, 1.54) is 37.8 Å². The first kappa shape index (κ1) is 21.7. The number of hydrogen-bond donors (Lipinski definition) is 1. The maximum atomic E-state index is 12.7. The summed E-state index contributed by atoms with van der Waals surface area (Å²) in [7, 11) is 0. The molecule has 2 aromatic rings. The molecule has 1 aromatic carbocycles. The van der Waals surface area contributed by atoms with E-state index >= 15 is 0 Å². The van der Waals surface area contributed by atoms with Crippen molar-refractivity contribution in [3.63, 3.8) is 0 Å². The molecule has 30 heavy (non-hydrogen) atoms. The Kier molecular flexibility index (Phi) is 6.99. The van der Waals surface area contributed by atoms with Gasteiger partial charge < -0.3 is 14.6 Å². The molecule has 0 atom stereocenters. The fraction of sp³-hybridized carbons (Fsp3) is 0.440. The van der Waals surface area contributed by atoms with Crippen LogP contribution in [0.2, 0.25) is 0 Å². The predicted octanol–water partition coefficient (Wildman–Crippen LogP) is 5.94. The molecule has 1 fully saturated rings. The number of aryl methyl sites for hydroxylation is 1. The number of carbonyl (C=O) groups excluding carboxylic acids is 1. The van der Waals surface area contributed by atoms with Crippen LogP contribution in [0.25, 0.3) is 6.08 Å². The van der Waals surface area contributed by atoms with Crippen LogP contribution in [0.5, 0.6) is 5.75 Å². The maximum absolute atomic E-state index is 12.7. The number of benzene rings is 1. The highest BCUT2D eigenvalue weighted by Gasteiger charge is 2.20. The average molecular weight is 406 g/mol. The largest absolute Gasteiger partial charge is 0.491 e. The van der Waals surface area contributed by atoms with E-state index in [-0.39, 0.29) is 11.7 Å². The zero-order chi connectivity index (χ0) is 21.7. The molecule has 5 nitrogen and oxygen atoms in total. The molecule has 0 spiro atoms. The van der Waals surface area contributed by atoms with Gasteiger partial charge in [-0.05, 0) is 70.4 Å². The molecule has 1 saturated carbocycles. The van der Waals surface area contributed by atoms with Crippen LogP contribution in [0.15, 0.2) is 35.9 Å². The highest BCUT2D eigenvalue weighted by Crippen LogP contribution is 2.32. The minimum Gasteiger partial charge on any atom is -0.491 e. The van der Waals surface area contributed by atoms with Crippen LogP contribution in [0, 0.1) is 25.2 Å². The highest BCUT2D eigenvalue weighted by atomic mass is 16.5. The van der Waals surface area contributed by atoms with Gasteiger partial charge in [0.25, 0.3) is 5.91 Å². The van der Waals surface area contributed by atoms with Crippen molar-refractivity contribution in [2.75, 3.05) is 5.32 Å². The lowest BCUT2D eigenvalue weighted by atomic mass is 9.95. The van der Waals surface area contributed by atoms with Gasteiger partial charge in [0.15, 0.2) is 0 Å². The van der Waals surface area contributed by atoms with Crippen molar-refractivity contribution in [1.29, 1.82) is 5.26 Å². The van der Waals surface area contributed by atoms with Crippen molar-refractivity contribution in [2.45, 2.75) is 71.9 Å². The lowest BCUT2D eigenvalue weighted by molar-refractivity contribution is -0.112. The lowest BCUT2D eigenvalue weighted by Crippen LogP contribution is -2.15. The molecule has 158 valence electrons. The van der Waals surface area contributed by atoms with Crippen molar-refractivity contribution >= 4 is 17.7 Å². The number of ether oxygens (including phenoxy) is 1. The molecule has 3 rings (SSSR count). The normalized spacial score (nSPS) is 15.1. The molecule has 5 heteroatoms. The second-order valence-corrected chi connectivity index (χ2v) is 8.31. The summed E-state index contributed by atoms with van der Waals surface area (Å²) >= 11 is 0. The number of nitrogens with one attached hydrogen (secondary N) is 1. The SMILES string of the molecule is Cc1cc(/C=C(/C#N)C(=O)Nc2cccc(OC(C)C)c2)c(C)n1C1CCCCC1. The molecule has 0 radical (unpaired) electrons. The summed E-state index contributed by atoms with van der Waals surface area (Å²) < 4.78 is 8.05. The van der Waals surface area contributed by atoms with Gasteiger partial charge >= 0.3 is 0 Å². The Morgan fingerprint density at radius 2 is 1.97 bits per heavy atom. The molecule has 1 N–H and O–H groups in total. The van der Waals surface area contributed by atoms with E-state index in [4.69, 9.17) is 4.74 Å². The Hall–Kier alpha value is -3.00. The van der Waals surface area contributed by atoms with Gasteiger partial charge in [-0.15, -0.1) is 0 Å². The topological polar surface area (TPSA) is 67.1 Å². The second kappa shape index (κ2) is 9.67. The molecule has 0 aliphatic heterocycles. The van der Waals surface area contributed by atoms with Gasteiger partial charge in [0.2, 0.25) is 0 Å². The zero-order valence-electron chi connectivity index (χ0n) is 18.4. The van der Waals surface area contributed by atoms with Crippen LogP contribution < -0.4 is 10.1 Å². The average Bonchev–Trinajstić information content (AvgIpc) is 2.99. The number of aromatic nitrogens is 1. The van der Waals surface area contributed by atoms with Crippen LogP contribution >= 0.6 is 0 Å². The Balaban J connectivity index is 1.80. The Bertz CT molecular complexity index is 973. The lowest BCUT2D eigenvalue weighted by Gasteiger charge is -2.26. The second-order valence-electron chi connectivity index (χ2n) is 8.31. The van der Waals surface area contributed by atoms with Gasteiger partial charge in [-0.1, -0.05) is 25.3 Å². The molecule has 0 bridgehead atoms. The van der Waals surface area contributed by atoms with Crippen LogP contribution in [0.1, 0.15) is 68.9 Å². The number of amides is 1. The fourth-order valence-electron chi connectivity index (χ4n) is 4.27. The Morgan fingerprint density at radius 1 is 1.23 bits per heavy atom. The van der Waals surface area contributed by atoms with Gasteiger partial charge in [-0.2, -0.15) is 5.26 Å². The first-order valence-corrected chi connectivity index (χ1v) is 10.8. The number of nitriles is 1. The third-order valence-electron chi connectivity index (χ3n) is 5.59. The highest BCUT2D eigenvalue weighted by molar-refractivity contribution is 6.09. The maximum Gasteiger partial charge on any atom is 0.266 e. The van der Waals surface area contributed by atoms with Crippen molar-refractivity contribution in [2.24, 2.45) is 0 Å². The van der Waals surface area contributed by atoms with Crippen LogP contribution in [-0.4, -0.2) is 16.6 Å². The number of carbonyl (C=O) groups is 1. The smallest absolute Gasteiger partial charge is 0.266 e.